The largest absolute Gasteiger partial charge is 0.348 e. The fraction of sp³-hybridized carbons (Fsp3) is 0.385. The zero-order valence-corrected chi connectivity index (χ0v) is 10.6. The van der Waals surface area contributed by atoms with Gasteiger partial charge in [-0.1, -0.05) is 18.6 Å². The monoisotopic (exact) mass is 264 g/mol. The van der Waals surface area contributed by atoms with Crippen LogP contribution in [0.4, 0.5) is 4.39 Å². The second-order valence-corrected chi connectivity index (χ2v) is 4.33. The average Bonchev–Trinajstić information content (AvgIpc) is 2.77. The van der Waals surface area contributed by atoms with Crippen molar-refractivity contribution in [1.29, 1.82) is 0 Å². The summed E-state index contributed by atoms with van der Waals surface area (Å²) in [7, 11) is 0. The Morgan fingerprint density at radius 3 is 2.79 bits per heavy atom. The molecule has 0 amide bonds. The Hall–Kier alpha value is -1.95. The molecule has 0 spiro atoms. The van der Waals surface area contributed by atoms with Crippen LogP contribution in [-0.2, 0) is 6.42 Å². The Morgan fingerprint density at radius 1 is 1.26 bits per heavy atom. The predicted molar refractivity (Wildman–Crippen MR) is 70.8 cm³/mol. The van der Waals surface area contributed by atoms with Gasteiger partial charge in [0, 0.05) is 6.42 Å². The molecule has 0 unspecified atom stereocenters. The fourth-order valence-corrected chi connectivity index (χ4v) is 1.98. The van der Waals surface area contributed by atoms with Crippen LogP contribution in [0.5, 0.6) is 0 Å². The SMILES string of the molecule is NCCCCCc1n[nH]c(=O)n1-c1ccccc1F. The van der Waals surface area contributed by atoms with Gasteiger partial charge in [0.15, 0.2) is 0 Å². The number of hydrogen-bond acceptors (Lipinski definition) is 3. The summed E-state index contributed by atoms with van der Waals surface area (Å²) in [6, 6.07) is 6.17. The number of halogens is 1. The summed E-state index contributed by atoms with van der Waals surface area (Å²) in [5.41, 5.74) is 5.24. The third-order valence-electron chi connectivity index (χ3n) is 2.94. The molecule has 1 aromatic carbocycles. The zero-order chi connectivity index (χ0) is 13.7. The normalized spacial score (nSPS) is 10.8. The maximum Gasteiger partial charge on any atom is 0.348 e. The maximum absolute atomic E-state index is 13.7. The molecule has 0 aliphatic rings. The lowest BCUT2D eigenvalue weighted by atomic mass is 10.2. The van der Waals surface area contributed by atoms with Gasteiger partial charge in [0.1, 0.15) is 11.6 Å². The second kappa shape index (κ2) is 6.29. The summed E-state index contributed by atoms with van der Waals surface area (Å²) >= 11 is 0. The first kappa shape index (κ1) is 13.5. The molecule has 0 fully saturated rings. The van der Waals surface area contributed by atoms with E-state index >= 15 is 0 Å². The molecule has 102 valence electrons. The van der Waals surface area contributed by atoms with Crippen LogP contribution in [0.2, 0.25) is 0 Å². The molecule has 0 bridgehead atoms. The molecule has 2 aromatic rings. The lowest BCUT2D eigenvalue weighted by Crippen LogP contribution is -2.18. The van der Waals surface area contributed by atoms with Crippen LogP contribution >= 0.6 is 0 Å². The number of benzene rings is 1. The minimum absolute atomic E-state index is 0.232. The van der Waals surface area contributed by atoms with Gasteiger partial charge in [0.05, 0.1) is 5.69 Å². The topological polar surface area (TPSA) is 76.7 Å². The Labute approximate surface area is 110 Å². The quantitative estimate of drug-likeness (QED) is 0.774. The number of nitrogens with zero attached hydrogens (tertiary/aromatic N) is 2. The van der Waals surface area contributed by atoms with Gasteiger partial charge < -0.3 is 5.73 Å². The third-order valence-corrected chi connectivity index (χ3v) is 2.94. The number of aromatic amines is 1. The number of aromatic nitrogens is 3. The molecule has 1 heterocycles. The second-order valence-electron chi connectivity index (χ2n) is 4.33. The Balaban J connectivity index is 2.23. The third kappa shape index (κ3) is 3.08. The van der Waals surface area contributed by atoms with Crippen molar-refractivity contribution in [1.82, 2.24) is 14.8 Å². The smallest absolute Gasteiger partial charge is 0.330 e. The Morgan fingerprint density at radius 2 is 2.05 bits per heavy atom. The molecular weight excluding hydrogens is 247 g/mol. The van der Waals surface area contributed by atoms with Crippen LogP contribution in [-0.4, -0.2) is 21.3 Å². The van der Waals surface area contributed by atoms with Gasteiger partial charge in [-0.3, -0.25) is 0 Å². The molecule has 3 N–H and O–H groups in total. The first-order valence-corrected chi connectivity index (χ1v) is 6.35. The van der Waals surface area contributed by atoms with Crippen molar-refractivity contribution >= 4 is 0 Å². The molecule has 0 saturated heterocycles. The van der Waals surface area contributed by atoms with Crippen molar-refractivity contribution in [3.63, 3.8) is 0 Å². The van der Waals surface area contributed by atoms with E-state index in [1.807, 2.05) is 0 Å². The van der Waals surface area contributed by atoms with E-state index in [-0.39, 0.29) is 5.69 Å². The molecule has 0 aliphatic heterocycles. The van der Waals surface area contributed by atoms with Crippen molar-refractivity contribution in [3.05, 3.63) is 46.4 Å². The van der Waals surface area contributed by atoms with Gasteiger partial charge in [0.2, 0.25) is 0 Å². The van der Waals surface area contributed by atoms with E-state index < -0.39 is 11.5 Å². The summed E-state index contributed by atoms with van der Waals surface area (Å²) in [4.78, 5) is 11.7. The number of hydrogen-bond donors (Lipinski definition) is 2. The highest BCUT2D eigenvalue weighted by Crippen LogP contribution is 2.13. The van der Waals surface area contributed by atoms with Crippen LogP contribution < -0.4 is 11.4 Å². The van der Waals surface area contributed by atoms with E-state index in [1.165, 1.54) is 10.6 Å². The van der Waals surface area contributed by atoms with Crippen molar-refractivity contribution in [2.75, 3.05) is 6.54 Å². The van der Waals surface area contributed by atoms with E-state index in [4.69, 9.17) is 5.73 Å². The number of aryl methyl sites for hydroxylation is 1. The first-order chi connectivity index (χ1) is 9.24. The Kier molecular flexibility index (Phi) is 4.46. The average molecular weight is 264 g/mol. The highest BCUT2D eigenvalue weighted by atomic mass is 19.1. The minimum Gasteiger partial charge on any atom is -0.330 e. The summed E-state index contributed by atoms with van der Waals surface area (Å²) in [6.45, 7) is 0.653. The highest BCUT2D eigenvalue weighted by Gasteiger charge is 2.13. The van der Waals surface area contributed by atoms with Gasteiger partial charge in [-0.15, -0.1) is 0 Å². The number of rotatable bonds is 6. The summed E-state index contributed by atoms with van der Waals surface area (Å²) < 4.78 is 15.0. The van der Waals surface area contributed by atoms with Crippen LogP contribution in [0, 0.1) is 5.82 Å². The lowest BCUT2D eigenvalue weighted by molar-refractivity contribution is 0.608. The van der Waals surface area contributed by atoms with Crippen molar-refractivity contribution in [2.24, 2.45) is 5.73 Å². The maximum atomic E-state index is 13.7. The highest BCUT2D eigenvalue weighted by molar-refractivity contribution is 5.34. The number of H-pyrrole nitrogens is 1. The zero-order valence-electron chi connectivity index (χ0n) is 10.6. The number of unbranched alkanes of at least 4 members (excludes halogenated alkanes) is 2. The van der Waals surface area contributed by atoms with Crippen LogP contribution in [0.3, 0.4) is 0 Å². The molecule has 0 radical (unpaired) electrons. The molecule has 1 aromatic heterocycles. The summed E-state index contributed by atoms with van der Waals surface area (Å²) in [6.07, 6.45) is 3.40. The fourth-order valence-electron chi connectivity index (χ4n) is 1.98. The minimum atomic E-state index is -0.436. The van der Waals surface area contributed by atoms with Crippen molar-refractivity contribution in [3.8, 4) is 5.69 Å². The molecule has 5 nitrogen and oxygen atoms in total. The van der Waals surface area contributed by atoms with Crippen LogP contribution in [0.25, 0.3) is 5.69 Å². The number of nitrogens with two attached hydrogens (primary N) is 1. The molecule has 2 rings (SSSR count). The van der Waals surface area contributed by atoms with Crippen LogP contribution in [0.15, 0.2) is 29.1 Å². The van der Waals surface area contributed by atoms with E-state index in [9.17, 15) is 9.18 Å². The number of nitrogens with one attached hydrogen (secondary N) is 1. The number of para-hydroxylation sites is 1. The van der Waals surface area contributed by atoms with Gasteiger partial charge >= 0.3 is 5.69 Å². The standard InChI is InChI=1S/C13H17FN4O/c14-10-6-3-4-7-11(10)18-12(16-17-13(18)19)8-2-1-5-9-15/h3-4,6-7H,1-2,5,8-9,15H2,(H,17,19). The van der Waals surface area contributed by atoms with Crippen molar-refractivity contribution in [2.45, 2.75) is 25.7 Å². The molecule has 6 heteroatoms. The van der Waals surface area contributed by atoms with Gasteiger partial charge in [-0.05, 0) is 31.5 Å². The van der Waals surface area contributed by atoms with Gasteiger partial charge in [-0.25, -0.2) is 18.9 Å². The molecule has 0 saturated carbocycles. The van der Waals surface area contributed by atoms with E-state index in [1.54, 1.807) is 18.2 Å². The molecule has 0 aliphatic carbocycles. The molecule has 19 heavy (non-hydrogen) atoms. The van der Waals surface area contributed by atoms with Gasteiger partial charge in [-0.2, -0.15) is 5.10 Å². The van der Waals surface area contributed by atoms with Gasteiger partial charge in [0.25, 0.3) is 0 Å². The van der Waals surface area contributed by atoms with E-state index in [2.05, 4.69) is 10.2 Å². The first-order valence-electron chi connectivity index (χ1n) is 6.35. The van der Waals surface area contributed by atoms with Crippen molar-refractivity contribution < 1.29 is 4.39 Å². The van der Waals surface area contributed by atoms with Crippen LogP contribution in [0.1, 0.15) is 25.1 Å². The van der Waals surface area contributed by atoms with E-state index in [0.29, 0.717) is 18.8 Å². The lowest BCUT2D eigenvalue weighted by Gasteiger charge is -2.06. The summed E-state index contributed by atoms with van der Waals surface area (Å²) in [5.74, 6) is 0.112. The van der Waals surface area contributed by atoms with E-state index in [0.717, 1.165) is 19.3 Å². The summed E-state index contributed by atoms with van der Waals surface area (Å²) in [5, 5.41) is 6.33. The molecular formula is C13H17FN4O. The predicted octanol–water partition coefficient (Wildman–Crippen LogP) is 1.37. The Bertz CT molecular complexity index is 590. The molecule has 0 atom stereocenters.